The molecule has 15 heteroatoms. The summed E-state index contributed by atoms with van der Waals surface area (Å²) >= 11 is 4.82. The Hall–Kier alpha value is -5.55. The number of hydrogen-bond donors (Lipinski definition) is 1. The molecule has 1 aliphatic heterocycles. The predicted octanol–water partition coefficient (Wildman–Crippen LogP) is 5.53. The van der Waals surface area contributed by atoms with Crippen LogP contribution in [-0.4, -0.2) is 60.5 Å². The summed E-state index contributed by atoms with van der Waals surface area (Å²) in [4.78, 5) is 32.8. The lowest BCUT2D eigenvalue weighted by Crippen LogP contribution is -2.22. The van der Waals surface area contributed by atoms with Gasteiger partial charge in [0.2, 0.25) is 0 Å². The van der Waals surface area contributed by atoms with Crippen molar-refractivity contribution in [3.05, 3.63) is 89.8 Å². The van der Waals surface area contributed by atoms with Gasteiger partial charge in [0.05, 0.1) is 23.5 Å². The zero-order valence-electron chi connectivity index (χ0n) is 23.7. The molecule has 46 heavy (non-hydrogen) atoms. The van der Waals surface area contributed by atoms with Crippen molar-refractivity contribution in [2.75, 3.05) is 23.3 Å². The van der Waals surface area contributed by atoms with Crippen LogP contribution < -0.4 is 15.0 Å². The van der Waals surface area contributed by atoms with Crippen molar-refractivity contribution in [2.24, 2.45) is 0 Å². The van der Waals surface area contributed by atoms with Crippen molar-refractivity contribution in [3.63, 3.8) is 0 Å². The van der Waals surface area contributed by atoms with Crippen LogP contribution in [0.3, 0.4) is 0 Å². The highest BCUT2D eigenvalue weighted by molar-refractivity contribution is 6.20. The van der Waals surface area contributed by atoms with Gasteiger partial charge in [0, 0.05) is 77.3 Å². The highest BCUT2D eigenvalue weighted by Gasteiger charge is 2.29. The van der Waals surface area contributed by atoms with Crippen LogP contribution in [0.5, 0.6) is 5.75 Å². The van der Waals surface area contributed by atoms with Crippen molar-refractivity contribution in [1.29, 1.82) is 5.26 Å². The molecule has 0 unspecified atom stereocenters. The third kappa shape index (κ3) is 5.80. The Balaban J connectivity index is 1.22. The number of nitrogens with one attached hydrogen (secondary N) is 1. The summed E-state index contributed by atoms with van der Waals surface area (Å²) < 4.78 is 46.0. The van der Waals surface area contributed by atoms with Crippen LogP contribution >= 0.6 is 11.6 Å². The van der Waals surface area contributed by atoms with E-state index in [-0.39, 0.29) is 29.5 Å². The van der Waals surface area contributed by atoms with E-state index in [1.807, 2.05) is 17.0 Å². The first kappa shape index (κ1) is 29.2. The number of ether oxygens (including phenoxy) is 1. The first-order valence-corrected chi connectivity index (χ1v) is 14.4. The van der Waals surface area contributed by atoms with Gasteiger partial charge in [-0.05, 0) is 48.9 Å². The Morgan fingerprint density at radius 2 is 1.93 bits per heavy atom. The Morgan fingerprint density at radius 1 is 1.11 bits per heavy atom. The van der Waals surface area contributed by atoms with Crippen LogP contribution in [0.4, 0.5) is 24.7 Å². The average molecular weight is 644 g/mol. The smallest absolute Gasteiger partial charge is 0.420 e. The minimum absolute atomic E-state index is 0.163. The van der Waals surface area contributed by atoms with Crippen LogP contribution in [0.15, 0.2) is 67.3 Å². The summed E-state index contributed by atoms with van der Waals surface area (Å²) in [5.41, 5.74) is 1.29. The van der Waals surface area contributed by atoms with Crippen LogP contribution in [0, 0.1) is 11.3 Å². The van der Waals surface area contributed by atoms with Crippen LogP contribution in [0.1, 0.15) is 33.7 Å². The molecule has 0 bridgehead atoms. The van der Waals surface area contributed by atoms with Crippen LogP contribution in [-0.2, 0) is 6.42 Å². The van der Waals surface area contributed by atoms with E-state index in [1.54, 1.807) is 18.5 Å². The minimum Gasteiger partial charge on any atom is -0.420 e. The van der Waals surface area contributed by atoms with Crippen molar-refractivity contribution in [2.45, 2.75) is 24.6 Å². The Kier molecular flexibility index (Phi) is 7.25. The Bertz CT molecular complexity index is 2030. The lowest BCUT2D eigenvalue weighted by atomic mass is 10.0. The third-order valence-corrected chi connectivity index (χ3v) is 7.63. The molecule has 1 atom stereocenters. The second kappa shape index (κ2) is 11.4. The molecule has 2 aliphatic rings. The van der Waals surface area contributed by atoms with Crippen molar-refractivity contribution in [3.8, 4) is 40.2 Å². The average Bonchev–Trinajstić information content (AvgIpc) is 3.75. The molecular weight excluding hydrogens is 623 g/mol. The van der Waals surface area contributed by atoms with Crippen molar-refractivity contribution < 1.29 is 22.7 Å². The fourth-order valence-electron chi connectivity index (χ4n) is 5.46. The van der Waals surface area contributed by atoms with E-state index < -0.39 is 17.6 Å². The number of alkyl halides is 4. The summed E-state index contributed by atoms with van der Waals surface area (Å²) in [5.74, 6) is 0.0882. The number of aromatic nitrogens is 6. The van der Waals surface area contributed by atoms with Crippen LogP contribution in [0.2, 0.25) is 0 Å². The molecule has 0 spiro atoms. The van der Waals surface area contributed by atoms with E-state index in [1.165, 1.54) is 47.4 Å². The summed E-state index contributed by atoms with van der Waals surface area (Å²) in [7, 11) is 0. The first-order valence-electron chi connectivity index (χ1n) is 14.0. The number of halogens is 4. The third-order valence-electron chi connectivity index (χ3n) is 7.55. The standard InChI is InChI=1S/C31H21ClF3N9O2/c32-31(34,35)46-23-3-1-21(2-4-23)40-29(45)18-10-24(28(39-14-18)43-8-6-20(33)16-43)17-9-25-26(38-13-17)11-19-15-44(42-27(19)25)30-37-7-5-22(12-36)41-30/h1-5,7,9-10,13-15,20H,6,8,11,16H2,(H,40,45)/t20-/m1/s1. The number of pyridine rings is 2. The number of carbonyl (C=O) groups is 1. The van der Waals surface area contributed by atoms with E-state index in [0.717, 1.165) is 16.8 Å². The molecule has 1 saturated heterocycles. The number of fused-ring (bicyclic) bond motifs is 3. The molecule has 5 heterocycles. The highest BCUT2D eigenvalue weighted by atomic mass is 35.5. The topological polar surface area (TPSA) is 135 Å². The van der Waals surface area contributed by atoms with Gasteiger partial charge in [-0.1, -0.05) is 0 Å². The molecule has 1 N–H and O–H groups in total. The fourth-order valence-corrected chi connectivity index (χ4v) is 5.54. The molecule has 4 aromatic heterocycles. The summed E-state index contributed by atoms with van der Waals surface area (Å²) in [6, 6.07) is 12.4. The van der Waals surface area contributed by atoms with E-state index in [2.05, 4.69) is 30.1 Å². The molecule has 1 amide bonds. The number of hydrogen-bond acceptors (Lipinski definition) is 9. The normalized spacial score (nSPS) is 15.3. The van der Waals surface area contributed by atoms with Gasteiger partial charge in [0.15, 0.2) is 0 Å². The number of anilines is 2. The summed E-state index contributed by atoms with van der Waals surface area (Å²) in [5, 5.41) is 16.6. The van der Waals surface area contributed by atoms with Gasteiger partial charge in [-0.2, -0.15) is 10.4 Å². The number of carbonyl (C=O) groups excluding carboxylic acids is 1. The SMILES string of the molecule is N#Cc1ccnc(-n2cc3c(n2)-c2cc(-c4cc(C(=O)Nc5ccc(OC(F)(F)Cl)cc5)cnc4N4CC[C@@H](F)C4)cnc2C3)n1. The zero-order chi connectivity index (χ0) is 32.0. The molecule has 1 fully saturated rings. The number of nitriles is 1. The van der Waals surface area contributed by atoms with E-state index in [4.69, 9.17) is 16.6 Å². The number of rotatable bonds is 7. The van der Waals surface area contributed by atoms with Gasteiger partial charge in [0.1, 0.15) is 29.5 Å². The molecule has 1 aromatic carbocycles. The molecule has 230 valence electrons. The maximum atomic E-state index is 14.3. The lowest BCUT2D eigenvalue weighted by molar-refractivity contribution is -0.0964. The van der Waals surface area contributed by atoms with Gasteiger partial charge in [-0.25, -0.2) is 24.0 Å². The Morgan fingerprint density at radius 3 is 2.67 bits per heavy atom. The Labute approximate surface area is 264 Å². The highest BCUT2D eigenvalue weighted by Crippen LogP contribution is 2.39. The largest absolute Gasteiger partial charge is 0.487 e. The van der Waals surface area contributed by atoms with Gasteiger partial charge >= 0.3 is 5.57 Å². The number of amides is 1. The zero-order valence-corrected chi connectivity index (χ0v) is 24.4. The monoisotopic (exact) mass is 643 g/mol. The second-order valence-corrected chi connectivity index (χ2v) is 11.1. The minimum atomic E-state index is -3.86. The van der Waals surface area contributed by atoms with E-state index in [9.17, 15) is 23.2 Å². The van der Waals surface area contributed by atoms with E-state index in [0.29, 0.717) is 47.7 Å². The quantitative estimate of drug-likeness (QED) is 0.223. The van der Waals surface area contributed by atoms with Gasteiger partial charge < -0.3 is 15.0 Å². The maximum absolute atomic E-state index is 14.3. The molecule has 0 radical (unpaired) electrons. The summed E-state index contributed by atoms with van der Waals surface area (Å²) in [6.07, 6.45) is 6.27. The van der Waals surface area contributed by atoms with Crippen molar-refractivity contribution in [1.82, 2.24) is 29.7 Å². The van der Waals surface area contributed by atoms with E-state index >= 15 is 0 Å². The fraction of sp³-hybridized carbons (Fsp3) is 0.194. The second-order valence-electron chi connectivity index (χ2n) is 10.6. The number of nitrogens with zero attached hydrogens (tertiary/aromatic N) is 8. The lowest BCUT2D eigenvalue weighted by Gasteiger charge is -2.21. The van der Waals surface area contributed by atoms with Crippen molar-refractivity contribution >= 4 is 29.0 Å². The molecular formula is C31H21ClF3N9O2. The van der Waals surface area contributed by atoms with Crippen LogP contribution in [0.25, 0.3) is 28.3 Å². The molecule has 1 aliphatic carbocycles. The molecule has 7 rings (SSSR count). The summed E-state index contributed by atoms with van der Waals surface area (Å²) in [6.45, 7) is 0.618. The maximum Gasteiger partial charge on any atom is 0.487 e. The first-order chi connectivity index (χ1) is 22.1. The number of benzene rings is 1. The predicted molar refractivity (Wildman–Crippen MR) is 161 cm³/mol. The van der Waals surface area contributed by atoms with Gasteiger partial charge in [-0.15, -0.1) is 8.78 Å². The van der Waals surface area contributed by atoms with Gasteiger partial charge in [-0.3, -0.25) is 9.78 Å². The molecule has 11 nitrogen and oxygen atoms in total. The van der Waals surface area contributed by atoms with Gasteiger partial charge in [0.25, 0.3) is 11.9 Å². The molecule has 0 saturated carbocycles. The molecule has 5 aromatic rings.